The Hall–Kier alpha value is -1.95. The molecule has 1 aromatic rings. The molecule has 6 nitrogen and oxygen atoms in total. The summed E-state index contributed by atoms with van der Waals surface area (Å²) >= 11 is 0. The molecule has 22 heavy (non-hydrogen) atoms. The second kappa shape index (κ2) is 6.87. The van der Waals surface area contributed by atoms with Gasteiger partial charge in [0.1, 0.15) is 0 Å². The zero-order valence-electron chi connectivity index (χ0n) is 13.8. The van der Waals surface area contributed by atoms with Gasteiger partial charge in [0, 0.05) is 18.7 Å². The molecule has 0 bridgehead atoms. The van der Waals surface area contributed by atoms with Gasteiger partial charge >= 0.3 is 0 Å². The number of benzene rings is 1. The Morgan fingerprint density at radius 1 is 1.41 bits per heavy atom. The summed E-state index contributed by atoms with van der Waals surface area (Å²) in [5, 5.41) is 20.5. The van der Waals surface area contributed by atoms with Crippen LogP contribution in [0.4, 0.5) is 5.69 Å². The normalized spacial score (nSPS) is 12.8. The summed E-state index contributed by atoms with van der Waals surface area (Å²) in [4.78, 5) is 24.5. The molecule has 1 aromatic carbocycles. The van der Waals surface area contributed by atoms with Gasteiger partial charge in [-0.2, -0.15) is 0 Å². The van der Waals surface area contributed by atoms with Crippen molar-refractivity contribution in [3.63, 3.8) is 0 Å². The maximum absolute atomic E-state index is 12.4. The van der Waals surface area contributed by atoms with Gasteiger partial charge in [-0.05, 0) is 17.9 Å². The number of amides is 1. The lowest BCUT2D eigenvalue weighted by atomic mass is 9.86. The van der Waals surface area contributed by atoms with Crippen LogP contribution in [0.5, 0.6) is 0 Å². The van der Waals surface area contributed by atoms with E-state index in [4.69, 9.17) is 0 Å². The first-order chi connectivity index (χ1) is 10.1. The molecule has 6 heteroatoms. The summed E-state index contributed by atoms with van der Waals surface area (Å²) in [5.74, 6) is -0.169. The maximum atomic E-state index is 12.4. The fraction of sp³-hybridized carbons (Fsp3) is 0.562. The zero-order chi connectivity index (χ0) is 17.1. The smallest absolute Gasteiger partial charge is 0.272 e. The Labute approximate surface area is 130 Å². The minimum absolute atomic E-state index is 0.0162. The molecule has 1 amide bonds. The summed E-state index contributed by atoms with van der Waals surface area (Å²) in [6, 6.07) is 4.43. The largest absolute Gasteiger partial charge is 0.394 e. The van der Waals surface area contributed by atoms with Gasteiger partial charge in [0.25, 0.3) is 5.69 Å². The Morgan fingerprint density at radius 2 is 2.00 bits per heavy atom. The van der Waals surface area contributed by atoms with E-state index in [9.17, 15) is 20.0 Å². The first kappa shape index (κ1) is 18.1. The molecule has 122 valence electrons. The second-order valence-corrected chi connectivity index (χ2v) is 6.56. The number of hydrogen-bond acceptors (Lipinski definition) is 4. The predicted molar refractivity (Wildman–Crippen MR) is 84.6 cm³/mol. The van der Waals surface area contributed by atoms with E-state index in [0.717, 1.165) is 0 Å². The van der Waals surface area contributed by atoms with Crippen molar-refractivity contribution < 1.29 is 14.8 Å². The Kier molecular flexibility index (Phi) is 5.65. The van der Waals surface area contributed by atoms with Crippen molar-refractivity contribution in [3.8, 4) is 0 Å². The van der Waals surface area contributed by atoms with E-state index in [1.54, 1.807) is 26.1 Å². The van der Waals surface area contributed by atoms with Gasteiger partial charge in [-0.15, -0.1) is 0 Å². The SMILES string of the molecule is Cc1c(CC(=O)N(C)[C@H](CO)C(C)(C)C)cccc1[N+](=O)[O-]. The molecule has 0 radical (unpaired) electrons. The van der Waals surface area contributed by atoms with Crippen molar-refractivity contribution >= 4 is 11.6 Å². The van der Waals surface area contributed by atoms with E-state index in [2.05, 4.69) is 0 Å². The molecule has 0 aliphatic heterocycles. The molecule has 1 atom stereocenters. The molecule has 0 aromatic heterocycles. The van der Waals surface area contributed by atoms with Crippen molar-refractivity contribution in [2.45, 2.75) is 40.2 Å². The van der Waals surface area contributed by atoms with Crippen molar-refractivity contribution in [3.05, 3.63) is 39.4 Å². The fourth-order valence-corrected chi connectivity index (χ4v) is 2.50. The second-order valence-electron chi connectivity index (χ2n) is 6.56. The van der Waals surface area contributed by atoms with Crippen LogP contribution >= 0.6 is 0 Å². The number of aliphatic hydroxyl groups is 1. The van der Waals surface area contributed by atoms with Crippen LogP contribution in [0.1, 0.15) is 31.9 Å². The molecule has 0 saturated carbocycles. The molecular weight excluding hydrogens is 284 g/mol. The average Bonchev–Trinajstić information content (AvgIpc) is 2.39. The van der Waals surface area contributed by atoms with Crippen LogP contribution in [0.3, 0.4) is 0 Å². The summed E-state index contributed by atoms with van der Waals surface area (Å²) in [5.41, 5.74) is 0.904. The minimum Gasteiger partial charge on any atom is -0.394 e. The van der Waals surface area contributed by atoms with Crippen LogP contribution in [0.25, 0.3) is 0 Å². The Bertz CT molecular complexity index is 564. The first-order valence-electron chi connectivity index (χ1n) is 7.19. The lowest BCUT2D eigenvalue weighted by Crippen LogP contribution is -2.47. The number of hydrogen-bond donors (Lipinski definition) is 1. The summed E-state index contributed by atoms with van der Waals surface area (Å²) in [6.45, 7) is 7.39. The number of rotatable bonds is 5. The summed E-state index contributed by atoms with van der Waals surface area (Å²) in [7, 11) is 1.65. The van der Waals surface area contributed by atoms with Crippen LogP contribution in [0.15, 0.2) is 18.2 Å². The average molecular weight is 308 g/mol. The number of likely N-dealkylation sites (N-methyl/N-ethyl adjacent to an activating group) is 1. The van der Waals surface area contributed by atoms with E-state index < -0.39 is 4.92 Å². The van der Waals surface area contributed by atoms with E-state index in [0.29, 0.717) is 11.1 Å². The van der Waals surface area contributed by atoms with Gasteiger partial charge in [-0.25, -0.2) is 0 Å². The van der Waals surface area contributed by atoms with Crippen LogP contribution < -0.4 is 0 Å². The van der Waals surface area contributed by atoms with Gasteiger partial charge in [-0.1, -0.05) is 32.9 Å². The molecule has 0 saturated heterocycles. The molecule has 0 aliphatic carbocycles. The summed E-state index contributed by atoms with van der Waals surface area (Å²) < 4.78 is 0. The van der Waals surface area contributed by atoms with E-state index in [1.807, 2.05) is 20.8 Å². The minimum atomic E-state index is -0.446. The number of nitro benzene ring substituents is 1. The van der Waals surface area contributed by atoms with Gasteiger partial charge in [-0.3, -0.25) is 14.9 Å². The topological polar surface area (TPSA) is 83.7 Å². The maximum Gasteiger partial charge on any atom is 0.272 e. The third-order valence-electron chi connectivity index (χ3n) is 3.99. The van der Waals surface area contributed by atoms with Gasteiger partial charge < -0.3 is 10.0 Å². The number of nitrogens with zero attached hydrogens (tertiary/aromatic N) is 2. The fourth-order valence-electron chi connectivity index (χ4n) is 2.50. The lowest BCUT2D eigenvalue weighted by molar-refractivity contribution is -0.385. The molecule has 0 heterocycles. The Balaban J connectivity index is 2.98. The predicted octanol–water partition coefficient (Wildman–Crippen LogP) is 2.31. The standard InChI is InChI=1S/C16H24N2O4/c1-11-12(7-6-8-13(11)18(21)22)9-15(20)17(5)14(10-19)16(2,3)4/h6-8,14,19H,9-10H2,1-5H3/t14-/m1/s1. The van der Waals surface area contributed by atoms with Crippen LogP contribution in [-0.2, 0) is 11.2 Å². The third-order valence-corrected chi connectivity index (χ3v) is 3.99. The highest BCUT2D eigenvalue weighted by molar-refractivity contribution is 5.79. The third kappa shape index (κ3) is 4.04. The van der Waals surface area contributed by atoms with E-state index in [1.165, 1.54) is 11.0 Å². The highest BCUT2D eigenvalue weighted by Gasteiger charge is 2.30. The van der Waals surface area contributed by atoms with Crippen LogP contribution in [-0.4, -0.2) is 40.5 Å². The van der Waals surface area contributed by atoms with E-state index >= 15 is 0 Å². The molecule has 1 N–H and O–H groups in total. The van der Waals surface area contributed by atoms with E-state index in [-0.39, 0.29) is 36.1 Å². The van der Waals surface area contributed by atoms with Crippen LogP contribution in [0, 0.1) is 22.5 Å². The number of carbonyl (C=O) groups is 1. The highest BCUT2D eigenvalue weighted by Crippen LogP contribution is 2.25. The van der Waals surface area contributed by atoms with Crippen molar-refractivity contribution in [2.75, 3.05) is 13.7 Å². The van der Waals surface area contributed by atoms with Crippen molar-refractivity contribution in [1.29, 1.82) is 0 Å². The van der Waals surface area contributed by atoms with Gasteiger partial charge in [0.05, 0.1) is 24.0 Å². The Morgan fingerprint density at radius 3 is 2.45 bits per heavy atom. The number of aliphatic hydroxyl groups excluding tert-OH is 1. The molecule has 0 spiro atoms. The summed E-state index contributed by atoms with van der Waals surface area (Å²) in [6.07, 6.45) is 0.0800. The molecule has 0 aliphatic rings. The van der Waals surface area contributed by atoms with Gasteiger partial charge in [0.2, 0.25) is 5.91 Å². The van der Waals surface area contributed by atoms with Crippen molar-refractivity contribution in [1.82, 2.24) is 4.90 Å². The monoisotopic (exact) mass is 308 g/mol. The quantitative estimate of drug-likeness (QED) is 0.668. The molecule has 0 fully saturated rings. The molecule has 0 unspecified atom stereocenters. The lowest BCUT2D eigenvalue weighted by Gasteiger charge is -2.37. The van der Waals surface area contributed by atoms with Crippen LogP contribution in [0.2, 0.25) is 0 Å². The number of nitro groups is 1. The highest BCUT2D eigenvalue weighted by atomic mass is 16.6. The van der Waals surface area contributed by atoms with Gasteiger partial charge in [0.15, 0.2) is 0 Å². The molecule has 1 rings (SSSR count). The van der Waals surface area contributed by atoms with Crippen molar-refractivity contribution in [2.24, 2.45) is 5.41 Å². The zero-order valence-corrected chi connectivity index (χ0v) is 13.8. The number of carbonyl (C=O) groups excluding carboxylic acids is 1. The first-order valence-corrected chi connectivity index (χ1v) is 7.19. The molecular formula is C16H24N2O4.